The molecule has 1 unspecified atom stereocenters. The second-order valence-corrected chi connectivity index (χ2v) is 7.63. The molecule has 2 aromatic carbocycles. The van der Waals surface area contributed by atoms with Crippen molar-refractivity contribution < 1.29 is 24.0 Å². The van der Waals surface area contributed by atoms with Crippen molar-refractivity contribution in [3.05, 3.63) is 68.7 Å². The number of rotatable bonds is 7. The van der Waals surface area contributed by atoms with Crippen LogP contribution < -0.4 is 16.0 Å². The van der Waals surface area contributed by atoms with Crippen LogP contribution in [0.1, 0.15) is 30.0 Å². The monoisotopic (exact) mass is 460 g/mol. The van der Waals surface area contributed by atoms with Crippen LogP contribution in [-0.2, 0) is 20.7 Å². The molecule has 0 aromatic heterocycles. The van der Waals surface area contributed by atoms with E-state index in [1.807, 2.05) is 0 Å². The number of carbonyl (C=O) groups excluding carboxylic acids is 3. The molecular weight excluding hydrogens is 440 g/mol. The second kappa shape index (κ2) is 10.1. The average Bonchev–Trinajstić information content (AvgIpc) is 2.76. The molecule has 0 aliphatic carbocycles. The van der Waals surface area contributed by atoms with E-state index in [0.29, 0.717) is 41.2 Å². The van der Waals surface area contributed by atoms with E-state index in [-0.39, 0.29) is 12.1 Å². The summed E-state index contributed by atoms with van der Waals surface area (Å²) in [7, 11) is 0. The maximum absolute atomic E-state index is 12.7. The van der Waals surface area contributed by atoms with Gasteiger partial charge in [-0.05, 0) is 42.2 Å². The number of nitro groups is 1. The molecule has 0 fully saturated rings. The van der Waals surface area contributed by atoms with Crippen molar-refractivity contribution in [2.45, 2.75) is 25.3 Å². The van der Waals surface area contributed by atoms with Crippen molar-refractivity contribution in [2.75, 3.05) is 18.1 Å². The van der Waals surface area contributed by atoms with Crippen LogP contribution in [0.15, 0.2) is 42.5 Å². The van der Waals surface area contributed by atoms with Gasteiger partial charge in [0.15, 0.2) is 6.61 Å². The Kier molecular flexibility index (Phi) is 7.26. The van der Waals surface area contributed by atoms with E-state index in [0.717, 1.165) is 0 Å². The summed E-state index contributed by atoms with van der Waals surface area (Å²) < 4.78 is 5.13. The number of anilines is 1. The van der Waals surface area contributed by atoms with Crippen molar-refractivity contribution in [3.63, 3.8) is 0 Å². The van der Waals surface area contributed by atoms with Gasteiger partial charge in [-0.2, -0.15) is 0 Å². The number of non-ortho nitro benzene ring substituents is 1. The molecule has 1 heterocycles. The lowest BCUT2D eigenvalue weighted by Crippen LogP contribution is -2.39. The molecule has 0 radical (unpaired) electrons. The number of nitrogens with one attached hydrogen (secondary N) is 1. The number of urea groups is 1. The first-order chi connectivity index (χ1) is 15.2. The van der Waals surface area contributed by atoms with Gasteiger partial charge in [-0.3, -0.25) is 19.7 Å². The van der Waals surface area contributed by atoms with E-state index in [1.165, 1.54) is 23.1 Å². The number of hydrogen-bond acceptors (Lipinski definition) is 6. The highest BCUT2D eigenvalue weighted by atomic mass is 35.5. The third kappa shape index (κ3) is 5.73. The molecule has 0 spiro atoms. The minimum atomic E-state index is -0.812. The first-order valence-electron chi connectivity index (χ1n) is 9.79. The standard InChI is InChI=1S/C21H21ClN4O6/c22-15-5-3-13(4-6-15)17(24-21(23)29)11-20(28)32-12-19(27)25-9-1-2-14-10-16(26(30)31)7-8-18(14)25/h3-8,10,17H,1-2,9,11-12H2,(H3,23,24,29). The van der Waals surface area contributed by atoms with Gasteiger partial charge in [0.1, 0.15) is 0 Å². The van der Waals surface area contributed by atoms with Crippen molar-refractivity contribution in [3.8, 4) is 0 Å². The Morgan fingerprint density at radius 1 is 1.22 bits per heavy atom. The number of aryl methyl sites for hydroxylation is 1. The number of nitrogens with zero attached hydrogens (tertiary/aromatic N) is 2. The van der Waals surface area contributed by atoms with Crippen molar-refractivity contribution in [2.24, 2.45) is 5.73 Å². The summed E-state index contributed by atoms with van der Waals surface area (Å²) in [5.74, 6) is -1.15. The molecule has 0 saturated heterocycles. The topological polar surface area (TPSA) is 145 Å². The van der Waals surface area contributed by atoms with E-state index < -0.39 is 35.5 Å². The Bertz CT molecular complexity index is 1040. The SMILES string of the molecule is NC(=O)NC(CC(=O)OCC(=O)N1CCCc2cc([N+](=O)[O-])ccc21)c1ccc(Cl)cc1. The summed E-state index contributed by atoms with van der Waals surface area (Å²) in [5.41, 5.74) is 7.02. The van der Waals surface area contributed by atoms with Gasteiger partial charge in [0.25, 0.3) is 11.6 Å². The third-order valence-corrected chi connectivity index (χ3v) is 5.26. The Balaban J connectivity index is 1.63. The zero-order valence-electron chi connectivity index (χ0n) is 17.0. The number of nitrogens with two attached hydrogens (primary N) is 1. The number of benzene rings is 2. The van der Waals surface area contributed by atoms with Gasteiger partial charge in [-0.15, -0.1) is 0 Å². The van der Waals surface area contributed by atoms with E-state index in [9.17, 15) is 24.5 Å². The van der Waals surface area contributed by atoms with Crippen LogP contribution in [0.2, 0.25) is 5.02 Å². The lowest BCUT2D eigenvalue weighted by atomic mass is 10.0. The van der Waals surface area contributed by atoms with Crippen molar-refractivity contribution in [1.29, 1.82) is 0 Å². The average molecular weight is 461 g/mol. The quantitative estimate of drug-likeness (QED) is 0.369. The largest absolute Gasteiger partial charge is 0.455 e. The molecular formula is C21H21ClN4O6. The van der Waals surface area contributed by atoms with Crippen LogP contribution in [0, 0.1) is 10.1 Å². The van der Waals surface area contributed by atoms with Crippen LogP contribution in [0.4, 0.5) is 16.2 Å². The number of fused-ring (bicyclic) bond motifs is 1. The van der Waals surface area contributed by atoms with E-state index in [1.54, 1.807) is 24.3 Å². The number of halogens is 1. The first-order valence-corrected chi connectivity index (χ1v) is 10.2. The van der Waals surface area contributed by atoms with Gasteiger partial charge in [0.2, 0.25) is 0 Å². The normalized spacial score (nSPS) is 13.6. The highest BCUT2D eigenvalue weighted by Gasteiger charge is 2.26. The molecule has 10 nitrogen and oxygen atoms in total. The fourth-order valence-electron chi connectivity index (χ4n) is 3.52. The molecule has 3 rings (SSSR count). The predicted octanol–water partition coefficient (Wildman–Crippen LogP) is 2.87. The van der Waals surface area contributed by atoms with E-state index in [2.05, 4.69) is 5.32 Å². The summed E-state index contributed by atoms with van der Waals surface area (Å²) in [5, 5.41) is 13.9. The van der Waals surface area contributed by atoms with Crippen LogP contribution in [0.3, 0.4) is 0 Å². The smallest absolute Gasteiger partial charge is 0.312 e. The van der Waals surface area contributed by atoms with Gasteiger partial charge in [-0.25, -0.2) is 4.79 Å². The molecule has 3 amide bonds. The van der Waals surface area contributed by atoms with E-state index in [4.69, 9.17) is 22.1 Å². The van der Waals surface area contributed by atoms with Gasteiger partial charge in [0.05, 0.1) is 17.4 Å². The summed E-state index contributed by atoms with van der Waals surface area (Å²) in [4.78, 5) is 48.3. The molecule has 1 aliphatic heterocycles. The fraction of sp³-hybridized carbons (Fsp3) is 0.286. The number of carbonyl (C=O) groups is 3. The van der Waals surface area contributed by atoms with Crippen LogP contribution in [0.5, 0.6) is 0 Å². The summed E-state index contributed by atoms with van der Waals surface area (Å²) in [6.45, 7) is -0.0863. The third-order valence-electron chi connectivity index (χ3n) is 5.01. The summed E-state index contributed by atoms with van der Waals surface area (Å²) in [6.07, 6.45) is 1.01. The Labute approximate surface area is 188 Å². The lowest BCUT2D eigenvalue weighted by Gasteiger charge is -2.29. The van der Waals surface area contributed by atoms with Gasteiger partial charge in [-0.1, -0.05) is 23.7 Å². The fourth-order valence-corrected chi connectivity index (χ4v) is 3.65. The van der Waals surface area contributed by atoms with Crippen LogP contribution >= 0.6 is 11.6 Å². The maximum atomic E-state index is 12.7. The molecule has 3 N–H and O–H groups in total. The van der Waals surface area contributed by atoms with Crippen LogP contribution in [0.25, 0.3) is 0 Å². The Hall–Kier alpha value is -3.66. The van der Waals surface area contributed by atoms with E-state index >= 15 is 0 Å². The maximum Gasteiger partial charge on any atom is 0.312 e. The first kappa shape index (κ1) is 23.0. The number of hydrogen-bond donors (Lipinski definition) is 2. The highest BCUT2D eigenvalue weighted by molar-refractivity contribution is 6.30. The summed E-state index contributed by atoms with van der Waals surface area (Å²) >= 11 is 5.87. The molecule has 32 heavy (non-hydrogen) atoms. The number of ether oxygens (including phenoxy) is 1. The van der Waals surface area contributed by atoms with Gasteiger partial charge in [0, 0.05) is 29.4 Å². The lowest BCUT2D eigenvalue weighted by molar-refractivity contribution is -0.384. The summed E-state index contributed by atoms with van der Waals surface area (Å²) in [6, 6.07) is 9.27. The molecule has 1 atom stereocenters. The zero-order valence-corrected chi connectivity index (χ0v) is 17.7. The number of amides is 3. The number of nitro benzene ring substituents is 1. The molecule has 1 aliphatic rings. The highest BCUT2D eigenvalue weighted by Crippen LogP contribution is 2.30. The molecule has 11 heteroatoms. The minimum Gasteiger partial charge on any atom is -0.455 e. The molecule has 2 aromatic rings. The zero-order chi connectivity index (χ0) is 23.3. The Morgan fingerprint density at radius 2 is 1.94 bits per heavy atom. The van der Waals surface area contributed by atoms with Crippen molar-refractivity contribution in [1.82, 2.24) is 5.32 Å². The number of esters is 1. The van der Waals surface area contributed by atoms with Crippen molar-refractivity contribution >= 4 is 40.9 Å². The van der Waals surface area contributed by atoms with Gasteiger partial charge < -0.3 is 20.7 Å². The molecule has 168 valence electrons. The Morgan fingerprint density at radius 3 is 2.59 bits per heavy atom. The minimum absolute atomic E-state index is 0.0420. The van der Waals surface area contributed by atoms with Gasteiger partial charge >= 0.3 is 12.0 Å². The van der Waals surface area contributed by atoms with Crippen LogP contribution in [-0.4, -0.2) is 36.0 Å². The second-order valence-electron chi connectivity index (χ2n) is 7.20. The molecule has 0 saturated carbocycles. The predicted molar refractivity (Wildman–Crippen MR) is 116 cm³/mol. The number of primary amides is 1. The molecule has 0 bridgehead atoms.